The Morgan fingerprint density at radius 2 is 2.06 bits per heavy atom. The predicted octanol–water partition coefficient (Wildman–Crippen LogP) is 3.85. The molecule has 1 heterocycles. The summed E-state index contributed by atoms with van der Waals surface area (Å²) in [5, 5.41) is 2.95. The fraction of sp³-hybridized carbons (Fsp3) is 0.214. The lowest BCUT2D eigenvalue weighted by molar-refractivity contribution is 0.0951. The summed E-state index contributed by atoms with van der Waals surface area (Å²) in [6.45, 7) is 2.75. The maximum Gasteiger partial charge on any atom is 0.251 e. The highest BCUT2D eigenvalue weighted by Gasteiger charge is 2.06. The zero-order chi connectivity index (χ0) is 13.0. The minimum absolute atomic E-state index is 0.0139. The monoisotopic (exact) mass is 371 g/mol. The van der Waals surface area contributed by atoms with E-state index in [4.69, 9.17) is 0 Å². The first kappa shape index (κ1) is 13.5. The van der Waals surface area contributed by atoms with Crippen molar-refractivity contribution in [3.05, 3.63) is 55.3 Å². The molecule has 1 amide bonds. The SMILES string of the molecule is CCc1ccc(CNC(=O)c2cccc(I)c2)s1. The molecule has 0 atom stereocenters. The molecule has 0 aliphatic heterocycles. The molecule has 0 aliphatic carbocycles. The van der Waals surface area contributed by atoms with Gasteiger partial charge < -0.3 is 5.32 Å². The molecule has 0 unspecified atom stereocenters. The first-order chi connectivity index (χ1) is 8.69. The van der Waals surface area contributed by atoms with E-state index < -0.39 is 0 Å². The van der Waals surface area contributed by atoms with Crippen molar-refractivity contribution in [1.82, 2.24) is 5.32 Å². The molecule has 1 N–H and O–H groups in total. The fourth-order valence-electron chi connectivity index (χ4n) is 1.61. The highest BCUT2D eigenvalue weighted by atomic mass is 127. The second kappa shape index (κ2) is 6.33. The molecule has 0 bridgehead atoms. The Kier molecular flexibility index (Phi) is 4.77. The van der Waals surface area contributed by atoms with Crippen LogP contribution in [0, 0.1) is 3.57 Å². The lowest BCUT2D eigenvalue weighted by Gasteiger charge is -2.04. The van der Waals surface area contributed by atoms with E-state index in [0.29, 0.717) is 12.1 Å². The average Bonchev–Trinajstić information content (AvgIpc) is 2.84. The van der Waals surface area contributed by atoms with Crippen LogP contribution in [0.15, 0.2) is 36.4 Å². The van der Waals surface area contributed by atoms with Crippen LogP contribution in [0.1, 0.15) is 27.0 Å². The van der Waals surface area contributed by atoms with E-state index in [2.05, 4.69) is 47.0 Å². The van der Waals surface area contributed by atoms with Gasteiger partial charge in [-0.3, -0.25) is 4.79 Å². The number of carbonyl (C=O) groups is 1. The summed E-state index contributed by atoms with van der Waals surface area (Å²) in [4.78, 5) is 14.5. The van der Waals surface area contributed by atoms with Crippen molar-refractivity contribution >= 4 is 39.8 Å². The Morgan fingerprint density at radius 3 is 2.72 bits per heavy atom. The van der Waals surface area contributed by atoms with Crippen LogP contribution in [0.3, 0.4) is 0 Å². The summed E-state index contributed by atoms with van der Waals surface area (Å²) in [5.74, 6) is -0.0139. The molecular formula is C14H14INOS. The summed E-state index contributed by atoms with van der Waals surface area (Å²) in [6.07, 6.45) is 1.05. The number of benzene rings is 1. The van der Waals surface area contributed by atoms with Crippen molar-refractivity contribution in [2.24, 2.45) is 0 Å². The molecule has 1 aromatic carbocycles. The van der Waals surface area contributed by atoms with Crippen molar-refractivity contribution in [1.29, 1.82) is 0 Å². The highest BCUT2D eigenvalue weighted by molar-refractivity contribution is 14.1. The summed E-state index contributed by atoms with van der Waals surface area (Å²) in [5.41, 5.74) is 0.717. The number of thiophene rings is 1. The maximum atomic E-state index is 11.9. The zero-order valence-electron chi connectivity index (χ0n) is 10.1. The molecule has 0 spiro atoms. The zero-order valence-corrected chi connectivity index (χ0v) is 13.0. The molecule has 94 valence electrons. The van der Waals surface area contributed by atoms with Crippen LogP contribution in [-0.4, -0.2) is 5.91 Å². The summed E-state index contributed by atoms with van der Waals surface area (Å²) < 4.78 is 1.07. The lowest BCUT2D eigenvalue weighted by Crippen LogP contribution is -2.22. The topological polar surface area (TPSA) is 29.1 Å². The minimum atomic E-state index is -0.0139. The largest absolute Gasteiger partial charge is 0.347 e. The summed E-state index contributed by atoms with van der Waals surface area (Å²) in [6, 6.07) is 11.8. The Hall–Kier alpha value is -0.880. The van der Waals surface area contributed by atoms with Gasteiger partial charge in [-0.2, -0.15) is 0 Å². The maximum absolute atomic E-state index is 11.9. The van der Waals surface area contributed by atoms with Gasteiger partial charge in [0.05, 0.1) is 6.54 Å². The van der Waals surface area contributed by atoms with E-state index in [1.807, 2.05) is 24.3 Å². The van der Waals surface area contributed by atoms with Crippen molar-refractivity contribution in [2.75, 3.05) is 0 Å². The van der Waals surface area contributed by atoms with Gasteiger partial charge in [-0.25, -0.2) is 0 Å². The minimum Gasteiger partial charge on any atom is -0.347 e. The van der Waals surface area contributed by atoms with Gasteiger partial charge in [0.25, 0.3) is 5.91 Å². The average molecular weight is 371 g/mol. The van der Waals surface area contributed by atoms with E-state index in [9.17, 15) is 4.79 Å². The van der Waals surface area contributed by atoms with E-state index in [1.165, 1.54) is 9.75 Å². The molecule has 0 fully saturated rings. The van der Waals surface area contributed by atoms with Crippen LogP contribution in [-0.2, 0) is 13.0 Å². The number of aryl methyl sites for hydroxylation is 1. The molecule has 2 rings (SSSR count). The number of nitrogens with one attached hydrogen (secondary N) is 1. The molecule has 2 nitrogen and oxygen atoms in total. The highest BCUT2D eigenvalue weighted by Crippen LogP contribution is 2.16. The second-order valence-corrected chi connectivity index (χ2v) is 6.41. The molecule has 0 aliphatic rings. The normalized spacial score (nSPS) is 10.3. The Morgan fingerprint density at radius 1 is 1.28 bits per heavy atom. The number of hydrogen-bond acceptors (Lipinski definition) is 2. The van der Waals surface area contributed by atoms with Gasteiger partial charge in [-0.05, 0) is 59.3 Å². The third-order valence-corrected chi connectivity index (χ3v) is 4.48. The second-order valence-electron chi connectivity index (χ2n) is 3.91. The fourth-order valence-corrected chi connectivity index (χ4v) is 3.05. The molecule has 18 heavy (non-hydrogen) atoms. The number of hydrogen-bond donors (Lipinski definition) is 1. The van der Waals surface area contributed by atoms with E-state index in [1.54, 1.807) is 11.3 Å². The lowest BCUT2D eigenvalue weighted by atomic mass is 10.2. The van der Waals surface area contributed by atoms with Crippen LogP contribution in [0.25, 0.3) is 0 Å². The number of rotatable bonds is 4. The predicted molar refractivity (Wildman–Crippen MR) is 84.0 cm³/mol. The third-order valence-electron chi connectivity index (χ3n) is 2.58. The standard InChI is InChI=1S/C14H14INOS/c1-2-12-6-7-13(18-12)9-16-14(17)10-4-3-5-11(15)8-10/h3-8H,2,9H2,1H3,(H,16,17). The van der Waals surface area contributed by atoms with Crippen molar-refractivity contribution in [3.63, 3.8) is 0 Å². The van der Waals surface area contributed by atoms with Crippen LogP contribution < -0.4 is 5.32 Å². The molecule has 4 heteroatoms. The van der Waals surface area contributed by atoms with Gasteiger partial charge in [0.1, 0.15) is 0 Å². The van der Waals surface area contributed by atoms with Crippen molar-refractivity contribution < 1.29 is 4.79 Å². The van der Waals surface area contributed by atoms with Crippen LogP contribution in [0.4, 0.5) is 0 Å². The number of halogens is 1. The third kappa shape index (κ3) is 3.55. The molecule has 0 radical (unpaired) electrons. The first-order valence-electron chi connectivity index (χ1n) is 5.80. The molecular weight excluding hydrogens is 357 g/mol. The summed E-state index contributed by atoms with van der Waals surface area (Å²) in [7, 11) is 0. The van der Waals surface area contributed by atoms with E-state index >= 15 is 0 Å². The molecule has 1 aromatic heterocycles. The first-order valence-corrected chi connectivity index (χ1v) is 7.70. The van der Waals surface area contributed by atoms with Gasteiger partial charge >= 0.3 is 0 Å². The van der Waals surface area contributed by atoms with Crippen LogP contribution in [0.5, 0.6) is 0 Å². The number of carbonyl (C=O) groups excluding carboxylic acids is 1. The van der Waals surface area contributed by atoms with Gasteiger partial charge in [-0.15, -0.1) is 11.3 Å². The van der Waals surface area contributed by atoms with Gasteiger partial charge in [0.2, 0.25) is 0 Å². The van der Waals surface area contributed by atoms with Crippen molar-refractivity contribution in [3.8, 4) is 0 Å². The molecule has 0 saturated carbocycles. The van der Waals surface area contributed by atoms with Crippen LogP contribution >= 0.6 is 33.9 Å². The smallest absolute Gasteiger partial charge is 0.251 e. The van der Waals surface area contributed by atoms with E-state index in [0.717, 1.165) is 9.99 Å². The Bertz CT molecular complexity index is 550. The van der Waals surface area contributed by atoms with Crippen molar-refractivity contribution in [2.45, 2.75) is 19.9 Å². The quantitative estimate of drug-likeness (QED) is 0.813. The molecule has 2 aromatic rings. The van der Waals surface area contributed by atoms with Gasteiger partial charge in [0, 0.05) is 18.9 Å². The van der Waals surface area contributed by atoms with Crippen LogP contribution in [0.2, 0.25) is 0 Å². The van der Waals surface area contributed by atoms with Gasteiger partial charge in [-0.1, -0.05) is 13.0 Å². The van der Waals surface area contributed by atoms with E-state index in [-0.39, 0.29) is 5.91 Å². The Labute approximate surface area is 125 Å². The molecule has 0 saturated heterocycles. The Balaban J connectivity index is 1.96. The summed E-state index contributed by atoms with van der Waals surface area (Å²) >= 11 is 3.97. The number of amides is 1. The van der Waals surface area contributed by atoms with Gasteiger partial charge in [0.15, 0.2) is 0 Å².